The van der Waals surface area contributed by atoms with Crippen molar-refractivity contribution in [3.63, 3.8) is 0 Å². The van der Waals surface area contributed by atoms with Crippen LogP contribution < -0.4 is 15.4 Å². The van der Waals surface area contributed by atoms with Gasteiger partial charge < -0.3 is 15.4 Å². The second-order valence-corrected chi connectivity index (χ2v) is 4.87. The molecule has 20 heavy (non-hydrogen) atoms. The highest BCUT2D eigenvalue weighted by molar-refractivity contribution is 6.32. The molecule has 0 radical (unpaired) electrons. The largest absolute Gasteiger partial charge is 0.482 e. The number of rotatable bonds is 5. The second kappa shape index (κ2) is 8.29. The molecular weight excluding hydrogens is 306 g/mol. The molecule has 7 heteroatoms. The molecule has 1 heterocycles. The van der Waals surface area contributed by atoms with Crippen LogP contribution >= 0.6 is 24.0 Å². The fraction of sp³-hybridized carbons (Fsp3) is 0.462. The maximum Gasteiger partial charge on any atom is 0.257 e. The molecule has 112 valence electrons. The molecule has 2 rings (SSSR count). The van der Waals surface area contributed by atoms with Crippen LogP contribution in [0.1, 0.15) is 12.8 Å². The van der Waals surface area contributed by atoms with Crippen LogP contribution in [-0.4, -0.2) is 31.6 Å². The van der Waals surface area contributed by atoms with Crippen LogP contribution in [0.4, 0.5) is 4.39 Å². The molecule has 1 atom stereocenters. The average Bonchev–Trinajstić information content (AvgIpc) is 2.88. The molecule has 1 aliphatic heterocycles. The van der Waals surface area contributed by atoms with Crippen molar-refractivity contribution >= 4 is 29.9 Å². The number of nitrogens with one attached hydrogen (secondary N) is 2. The SMILES string of the molecule is Cl.O=C(COc1ccc(F)cc1Cl)NCC1CCCN1. The van der Waals surface area contributed by atoms with Crippen LogP contribution in [0.3, 0.4) is 0 Å². The Bertz CT molecular complexity index is 454. The van der Waals surface area contributed by atoms with Crippen molar-refractivity contribution in [1.82, 2.24) is 10.6 Å². The van der Waals surface area contributed by atoms with Crippen LogP contribution in [0.25, 0.3) is 0 Å². The number of ether oxygens (including phenoxy) is 1. The summed E-state index contributed by atoms with van der Waals surface area (Å²) in [6.07, 6.45) is 2.22. The zero-order valence-corrected chi connectivity index (χ0v) is 12.4. The summed E-state index contributed by atoms with van der Waals surface area (Å²) >= 11 is 5.79. The lowest BCUT2D eigenvalue weighted by molar-refractivity contribution is -0.123. The molecule has 0 spiro atoms. The van der Waals surface area contributed by atoms with E-state index in [9.17, 15) is 9.18 Å². The van der Waals surface area contributed by atoms with Gasteiger partial charge in [-0.15, -0.1) is 12.4 Å². The maximum atomic E-state index is 12.8. The van der Waals surface area contributed by atoms with E-state index in [1.165, 1.54) is 12.1 Å². The molecule has 2 N–H and O–H groups in total. The number of hydrogen-bond acceptors (Lipinski definition) is 3. The normalized spacial score (nSPS) is 17.4. The van der Waals surface area contributed by atoms with Crippen molar-refractivity contribution < 1.29 is 13.9 Å². The Hall–Kier alpha value is -1.04. The summed E-state index contributed by atoms with van der Waals surface area (Å²) < 4.78 is 18.1. The first-order chi connectivity index (χ1) is 9.15. The van der Waals surface area contributed by atoms with Gasteiger partial charge in [-0.25, -0.2) is 4.39 Å². The van der Waals surface area contributed by atoms with Gasteiger partial charge in [0, 0.05) is 12.6 Å². The molecule has 1 unspecified atom stereocenters. The summed E-state index contributed by atoms with van der Waals surface area (Å²) in [5, 5.41) is 6.22. The van der Waals surface area contributed by atoms with Gasteiger partial charge in [0.25, 0.3) is 5.91 Å². The molecule has 0 aliphatic carbocycles. The molecule has 1 fully saturated rings. The summed E-state index contributed by atoms with van der Waals surface area (Å²) in [5.41, 5.74) is 0. The van der Waals surface area contributed by atoms with Gasteiger partial charge in [-0.05, 0) is 37.6 Å². The molecular formula is C13H17Cl2FN2O2. The van der Waals surface area contributed by atoms with Gasteiger partial charge >= 0.3 is 0 Å². The number of halogens is 3. The third-order valence-electron chi connectivity index (χ3n) is 2.96. The topological polar surface area (TPSA) is 50.4 Å². The number of hydrogen-bond donors (Lipinski definition) is 2. The number of carbonyl (C=O) groups is 1. The zero-order valence-electron chi connectivity index (χ0n) is 10.8. The Kier molecular flexibility index (Phi) is 7.05. The number of carbonyl (C=O) groups excluding carboxylic acids is 1. The summed E-state index contributed by atoms with van der Waals surface area (Å²) in [5.74, 6) is -0.347. The highest BCUT2D eigenvalue weighted by atomic mass is 35.5. The van der Waals surface area contributed by atoms with E-state index >= 15 is 0 Å². The third-order valence-corrected chi connectivity index (χ3v) is 3.26. The summed E-state index contributed by atoms with van der Waals surface area (Å²) in [4.78, 5) is 11.6. The highest BCUT2D eigenvalue weighted by Crippen LogP contribution is 2.24. The van der Waals surface area contributed by atoms with Crippen molar-refractivity contribution in [3.8, 4) is 5.75 Å². The Morgan fingerprint density at radius 2 is 2.35 bits per heavy atom. The standard InChI is InChI=1S/C13H16ClFN2O2.ClH/c14-11-6-9(15)3-4-12(11)19-8-13(18)17-7-10-2-1-5-16-10;/h3-4,6,10,16H,1-2,5,7-8H2,(H,17,18);1H. The quantitative estimate of drug-likeness (QED) is 0.873. The van der Waals surface area contributed by atoms with Crippen LogP contribution in [-0.2, 0) is 4.79 Å². The zero-order chi connectivity index (χ0) is 13.7. The first-order valence-electron chi connectivity index (χ1n) is 6.23. The van der Waals surface area contributed by atoms with E-state index in [4.69, 9.17) is 16.3 Å². The molecule has 4 nitrogen and oxygen atoms in total. The van der Waals surface area contributed by atoms with Crippen LogP contribution in [0.5, 0.6) is 5.75 Å². The molecule has 1 aromatic carbocycles. The van der Waals surface area contributed by atoms with E-state index in [1.807, 2.05) is 0 Å². The van der Waals surface area contributed by atoms with Crippen molar-refractivity contribution in [2.24, 2.45) is 0 Å². The monoisotopic (exact) mass is 322 g/mol. The predicted octanol–water partition coefficient (Wildman–Crippen LogP) is 2.15. The minimum Gasteiger partial charge on any atom is -0.482 e. The van der Waals surface area contributed by atoms with Gasteiger partial charge in [-0.3, -0.25) is 4.79 Å². The van der Waals surface area contributed by atoms with Crippen LogP contribution in [0.2, 0.25) is 5.02 Å². The van der Waals surface area contributed by atoms with E-state index in [2.05, 4.69) is 10.6 Å². The minimum absolute atomic E-state index is 0. The fourth-order valence-electron chi connectivity index (χ4n) is 1.95. The fourth-order valence-corrected chi connectivity index (χ4v) is 2.18. The van der Waals surface area contributed by atoms with E-state index in [1.54, 1.807) is 0 Å². The number of benzene rings is 1. The highest BCUT2D eigenvalue weighted by Gasteiger charge is 2.15. The van der Waals surface area contributed by atoms with Gasteiger partial charge in [0.1, 0.15) is 11.6 Å². The van der Waals surface area contributed by atoms with Crippen molar-refractivity contribution in [1.29, 1.82) is 0 Å². The molecule has 1 aliphatic rings. The van der Waals surface area contributed by atoms with E-state index in [-0.39, 0.29) is 29.9 Å². The number of amides is 1. The Balaban J connectivity index is 0.00000200. The molecule has 0 saturated carbocycles. The second-order valence-electron chi connectivity index (χ2n) is 4.46. The third kappa shape index (κ3) is 5.15. The Morgan fingerprint density at radius 1 is 1.55 bits per heavy atom. The van der Waals surface area contributed by atoms with E-state index < -0.39 is 5.82 Å². The average molecular weight is 323 g/mol. The molecule has 0 bridgehead atoms. The maximum absolute atomic E-state index is 12.8. The van der Waals surface area contributed by atoms with E-state index in [0.29, 0.717) is 18.3 Å². The van der Waals surface area contributed by atoms with Crippen LogP contribution in [0, 0.1) is 5.82 Å². The Morgan fingerprint density at radius 3 is 3.00 bits per heavy atom. The van der Waals surface area contributed by atoms with Gasteiger partial charge in [0.15, 0.2) is 6.61 Å². The van der Waals surface area contributed by atoms with Gasteiger partial charge in [0.2, 0.25) is 0 Å². The first kappa shape index (κ1) is 17.0. The van der Waals surface area contributed by atoms with Gasteiger partial charge in [-0.2, -0.15) is 0 Å². The van der Waals surface area contributed by atoms with Crippen molar-refractivity contribution in [2.75, 3.05) is 19.7 Å². The summed E-state index contributed by atoms with van der Waals surface area (Å²) in [6, 6.07) is 4.14. The lowest BCUT2D eigenvalue weighted by atomic mass is 10.2. The smallest absolute Gasteiger partial charge is 0.257 e. The summed E-state index contributed by atoms with van der Waals surface area (Å²) in [6.45, 7) is 1.47. The molecule has 1 aromatic rings. The van der Waals surface area contributed by atoms with Crippen molar-refractivity contribution in [3.05, 3.63) is 29.0 Å². The molecule has 1 saturated heterocycles. The molecule has 1 amide bonds. The van der Waals surface area contributed by atoms with E-state index in [0.717, 1.165) is 25.5 Å². The first-order valence-corrected chi connectivity index (χ1v) is 6.61. The van der Waals surface area contributed by atoms with Crippen LogP contribution in [0.15, 0.2) is 18.2 Å². The lowest BCUT2D eigenvalue weighted by Crippen LogP contribution is -2.39. The summed E-state index contributed by atoms with van der Waals surface area (Å²) in [7, 11) is 0. The lowest BCUT2D eigenvalue weighted by Gasteiger charge is -2.12. The predicted molar refractivity (Wildman–Crippen MR) is 78.2 cm³/mol. The Labute approximate surface area is 128 Å². The minimum atomic E-state index is -0.436. The van der Waals surface area contributed by atoms with Gasteiger partial charge in [-0.1, -0.05) is 11.6 Å². The van der Waals surface area contributed by atoms with Gasteiger partial charge in [0.05, 0.1) is 5.02 Å². The molecule has 0 aromatic heterocycles. The van der Waals surface area contributed by atoms with Crippen molar-refractivity contribution in [2.45, 2.75) is 18.9 Å².